The van der Waals surface area contributed by atoms with Gasteiger partial charge >= 0.3 is 12.3 Å². The van der Waals surface area contributed by atoms with E-state index >= 15 is 0 Å². The first-order chi connectivity index (χ1) is 17.7. The van der Waals surface area contributed by atoms with Gasteiger partial charge < -0.3 is 14.6 Å². The van der Waals surface area contributed by atoms with Gasteiger partial charge in [-0.05, 0) is 43.7 Å². The van der Waals surface area contributed by atoms with Crippen molar-refractivity contribution in [2.75, 3.05) is 16.8 Å². The minimum Gasteiger partial charge on any atom is -0.446 e. The Hall–Kier alpha value is -4.48. The summed E-state index contributed by atoms with van der Waals surface area (Å²) in [5.74, 6) is 0.373. The van der Waals surface area contributed by atoms with Gasteiger partial charge in [0.05, 0.1) is 23.6 Å². The molecule has 1 amide bonds. The quantitative estimate of drug-likeness (QED) is 0.379. The molecule has 1 aliphatic rings. The number of hydrogen-bond donors (Lipinski definition) is 1. The van der Waals surface area contributed by atoms with Gasteiger partial charge in [0.2, 0.25) is 11.9 Å². The number of anilines is 2. The summed E-state index contributed by atoms with van der Waals surface area (Å²) in [5.41, 5.74) is 2.39. The molecular formula is C25H22F3N7O2. The molecule has 2 atom stereocenters. The number of ether oxygens (including phenoxy) is 1. The molecule has 1 N–H and O–H groups in total. The molecule has 4 aromatic rings. The Morgan fingerprint density at radius 1 is 1.11 bits per heavy atom. The largest absolute Gasteiger partial charge is 0.446 e. The van der Waals surface area contributed by atoms with Crippen LogP contribution in [0.15, 0.2) is 67.4 Å². The van der Waals surface area contributed by atoms with Crippen molar-refractivity contribution >= 4 is 18.0 Å². The van der Waals surface area contributed by atoms with E-state index in [1.807, 2.05) is 38.1 Å². The van der Waals surface area contributed by atoms with Gasteiger partial charge in [-0.3, -0.25) is 0 Å². The number of carbonyl (C=O) groups is 1. The van der Waals surface area contributed by atoms with Crippen molar-refractivity contribution in [3.8, 4) is 5.69 Å². The summed E-state index contributed by atoms with van der Waals surface area (Å²) in [6.45, 7) is 3.98. The molecule has 37 heavy (non-hydrogen) atoms. The lowest BCUT2D eigenvalue weighted by Crippen LogP contribution is -2.29. The normalized spacial score (nSPS) is 16.5. The number of aryl methyl sites for hydroxylation is 1. The summed E-state index contributed by atoms with van der Waals surface area (Å²) < 4.78 is 45.4. The molecule has 0 spiro atoms. The first-order valence-electron chi connectivity index (χ1n) is 11.4. The molecule has 1 fully saturated rings. The predicted octanol–water partition coefficient (Wildman–Crippen LogP) is 5.26. The highest BCUT2D eigenvalue weighted by atomic mass is 19.4. The topological polar surface area (TPSA) is 98.1 Å². The molecule has 0 bridgehead atoms. The highest BCUT2D eigenvalue weighted by molar-refractivity contribution is 5.88. The van der Waals surface area contributed by atoms with Crippen LogP contribution in [0.4, 0.5) is 29.9 Å². The Bertz CT molecular complexity index is 1420. The fourth-order valence-corrected chi connectivity index (χ4v) is 4.03. The molecule has 1 aliphatic heterocycles. The van der Waals surface area contributed by atoms with Crippen LogP contribution in [-0.2, 0) is 10.9 Å². The molecule has 5 rings (SSSR count). The summed E-state index contributed by atoms with van der Waals surface area (Å²) in [4.78, 5) is 31.0. The zero-order valence-corrected chi connectivity index (χ0v) is 19.8. The number of nitrogens with zero attached hydrogens (tertiary/aromatic N) is 6. The summed E-state index contributed by atoms with van der Waals surface area (Å²) in [6, 6.07) is 11.9. The summed E-state index contributed by atoms with van der Waals surface area (Å²) in [5, 5.41) is 3.13. The van der Waals surface area contributed by atoms with Crippen molar-refractivity contribution in [1.29, 1.82) is 0 Å². The van der Waals surface area contributed by atoms with Crippen LogP contribution in [0, 0.1) is 6.92 Å². The zero-order valence-electron chi connectivity index (χ0n) is 19.8. The van der Waals surface area contributed by atoms with Crippen molar-refractivity contribution in [2.45, 2.75) is 32.1 Å². The van der Waals surface area contributed by atoms with Crippen LogP contribution in [0.2, 0.25) is 0 Å². The van der Waals surface area contributed by atoms with E-state index in [1.54, 1.807) is 10.8 Å². The van der Waals surface area contributed by atoms with E-state index in [9.17, 15) is 18.0 Å². The van der Waals surface area contributed by atoms with Crippen LogP contribution in [0.5, 0.6) is 0 Å². The molecule has 2 aromatic heterocycles. The number of carbonyl (C=O) groups excluding carboxylic acids is 1. The minimum absolute atomic E-state index is 0.147. The Morgan fingerprint density at radius 3 is 2.62 bits per heavy atom. The van der Waals surface area contributed by atoms with E-state index in [2.05, 4.69) is 25.3 Å². The highest BCUT2D eigenvalue weighted by Crippen LogP contribution is 2.32. The first kappa shape index (κ1) is 24.2. The van der Waals surface area contributed by atoms with Crippen LogP contribution >= 0.6 is 0 Å². The molecule has 0 unspecified atom stereocenters. The van der Waals surface area contributed by atoms with Gasteiger partial charge in [0.15, 0.2) is 0 Å². The lowest BCUT2D eigenvalue weighted by molar-refractivity contribution is -0.137. The number of benzene rings is 2. The number of alkyl halides is 3. The maximum atomic E-state index is 12.8. The second-order valence-electron chi connectivity index (χ2n) is 8.60. The third-order valence-electron chi connectivity index (χ3n) is 5.96. The fraction of sp³-hybridized carbons (Fsp3) is 0.240. The number of imidazole rings is 1. The first-order valence-corrected chi connectivity index (χ1v) is 11.4. The van der Waals surface area contributed by atoms with Crippen molar-refractivity contribution in [2.24, 2.45) is 0 Å². The predicted molar refractivity (Wildman–Crippen MR) is 128 cm³/mol. The number of nitrogens with one attached hydrogen (secondary N) is 1. The van der Waals surface area contributed by atoms with Crippen molar-refractivity contribution in [3.05, 3.63) is 89.8 Å². The summed E-state index contributed by atoms with van der Waals surface area (Å²) in [7, 11) is 0. The maximum absolute atomic E-state index is 12.8. The molecule has 9 nitrogen and oxygen atoms in total. The maximum Gasteiger partial charge on any atom is 0.417 e. The summed E-state index contributed by atoms with van der Waals surface area (Å²) in [6.07, 6.45) is -0.425. The van der Waals surface area contributed by atoms with Gasteiger partial charge in [-0.2, -0.15) is 18.2 Å². The van der Waals surface area contributed by atoms with Crippen LogP contribution < -0.4 is 10.2 Å². The van der Waals surface area contributed by atoms with Crippen LogP contribution in [0.3, 0.4) is 0 Å². The van der Waals surface area contributed by atoms with E-state index in [0.29, 0.717) is 11.4 Å². The Morgan fingerprint density at radius 2 is 1.89 bits per heavy atom. The molecule has 0 saturated carbocycles. The van der Waals surface area contributed by atoms with Gasteiger partial charge in [0.25, 0.3) is 0 Å². The van der Waals surface area contributed by atoms with Gasteiger partial charge in [-0.25, -0.2) is 24.6 Å². The van der Waals surface area contributed by atoms with Crippen molar-refractivity contribution in [3.63, 3.8) is 0 Å². The SMILES string of the molecule is Cc1cccc([C@H]2COC(=O)N2c2ncnc(N[C@@H](C)c3cn(-c4ccc(C(F)(F)F)cc4)cn3)n2)c1. The molecule has 2 aromatic carbocycles. The van der Waals surface area contributed by atoms with E-state index in [1.165, 1.54) is 29.7 Å². The second-order valence-corrected chi connectivity index (χ2v) is 8.60. The number of rotatable bonds is 6. The van der Waals surface area contributed by atoms with E-state index in [-0.39, 0.29) is 30.6 Å². The van der Waals surface area contributed by atoms with Gasteiger partial charge in [-0.1, -0.05) is 29.8 Å². The third kappa shape index (κ3) is 5.08. The molecule has 3 heterocycles. The van der Waals surface area contributed by atoms with Crippen LogP contribution in [-0.4, -0.2) is 37.2 Å². The van der Waals surface area contributed by atoms with Gasteiger partial charge in [-0.15, -0.1) is 0 Å². The number of amides is 1. The second kappa shape index (κ2) is 9.52. The number of aromatic nitrogens is 5. The zero-order chi connectivity index (χ0) is 26.2. The van der Waals surface area contributed by atoms with Crippen LogP contribution in [0.25, 0.3) is 5.69 Å². The van der Waals surface area contributed by atoms with E-state index in [0.717, 1.165) is 23.3 Å². The Kier molecular flexibility index (Phi) is 6.24. The van der Waals surface area contributed by atoms with Crippen molar-refractivity contribution in [1.82, 2.24) is 24.5 Å². The Labute approximate surface area is 210 Å². The summed E-state index contributed by atoms with van der Waals surface area (Å²) >= 11 is 0. The molecule has 190 valence electrons. The van der Waals surface area contributed by atoms with Gasteiger partial charge in [0.1, 0.15) is 19.0 Å². The van der Waals surface area contributed by atoms with E-state index in [4.69, 9.17) is 4.74 Å². The minimum atomic E-state index is -4.40. The molecule has 1 saturated heterocycles. The molecule has 12 heteroatoms. The lowest BCUT2D eigenvalue weighted by Gasteiger charge is -2.20. The number of halogens is 3. The van der Waals surface area contributed by atoms with Gasteiger partial charge in [0, 0.05) is 11.9 Å². The monoisotopic (exact) mass is 509 g/mol. The highest BCUT2D eigenvalue weighted by Gasteiger charge is 2.37. The smallest absolute Gasteiger partial charge is 0.417 e. The van der Waals surface area contributed by atoms with E-state index < -0.39 is 17.8 Å². The molecule has 0 aliphatic carbocycles. The average Bonchev–Trinajstić information content (AvgIpc) is 3.51. The van der Waals surface area contributed by atoms with Crippen LogP contribution in [0.1, 0.15) is 41.4 Å². The standard InChI is InChI=1S/C25H22F3N7O2/c1-15-4-3-5-17(10-15)21-12-37-24(36)35(21)23-30-13-29-22(33-23)32-16(2)20-11-34(14-31-20)19-8-6-18(7-9-19)25(26,27)28/h3-11,13-14,16,21H,12H2,1-2H3,(H,29,30,32,33)/t16-,21+/m0/s1. The van der Waals surface area contributed by atoms with Crippen molar-refractivity contribution < 1.29 is 22.7 Å². The number of cyclic esters (lactones) is 1. The molecular weight excluding hydrogens is 487 g/mol. The Balaban J connectivity index is 1.32. The fourth-order valence-electron chi connectivity index (χ4n) is 4.03. The third-order valence-corrected chi connectivity index (χ3v) is 5.96. The number of hydrogen-bond acceptors (Lipinski definition) is 7. The average molecular weight is 509 g/mol. The lowest BCUT2D eigenvalue weighted by atomic mass is 10.0. The molecule has 0 radical (unpaired) electrons.